The number of rotatable bonds is 4. The highest BCUT2D eigenvalue weighted by molar-refractivity contribution is 5.61. The number of pyridine rings is 1. The molecule has 6 nitrogen and oxygen atoms in total. The first-order valence-electron chi connectivity index (χ1n) is 7.82. The lowest BCUT2D eigenvalue weighted by Gasteiger charge is -2.32. The maximum absolute atomic E-state index is 12.9. The molecule has 0 amide bonds. The third-order valence-corrected chi connectivity index (χ3v) is 4.15. The van der Waals surface area contributed by atoms with E-state index in [9.17, 15) is 14.5 Å². The molecule has 1 aromatic carbocycles. The normalized spacial score (nSPS) is 15.3. The number of benzene rings is 1. The molecule has 1 saturated heterocycles. The molecule has 0 aliphatic carbocycles. The van der Waals surface area contributed by atoms with Gasteiger partial charge in [-0.25, -0.2) is 9.37 Å². The van der Waals surface area contributed by atoms with Crippen LogP contribution in [0.25, 0.3) is 0 Å². The molecule has 0 radical (unpaired) electrons. The number of aryl methyl sites for hydroxylation is 1. The first-order valence-corrected chi connectivity index (χ1v) is 7.82. The minimum atomic E-state index is -0.376. The van der Waals surface area contributed by atoms with E-state index in [0.717, 1.165) is 12.8 Å². The molecule has 0 atom stereocenters. The zero-order chi connectivity index (χ0) is 17.1. The van der Waals surface area contributed by atoms with Gasteiger partial charge in [-0.1, -0.05) is 0 Å². The second kappa shape index (κ2) is 6.82. The zero-order valence-electron chi connectivity index (χ0n) is 13.3. The topological polar surface area (TPSA) is 68.5 Å². The van der Waals surface area contributed by atoms with Crippen LogP contribution in [0.5, 0.6) is 5.75 Å². The first-order chi connectivity index (χ1) is 11.5. The van der Waals surface area contributed by atoms with Gasteiger partial charge in [0.05, 0.1) is 4.92 Å². The van der Waals surface area contributed by atoms with E-state index in [1.807, 2.05) is 4.90 Å². The molecule has 0 spiro atoms. The highest BCUT2D eigenvalue weighted by atomic mass is 19.1. The summed E-state index contributed by atoms with van der Waals surface area (Å²) in [5, 5.41) is 11.3. The van der Waals surface area contributed by atoms with Crippen LogP contribution in [0.15, 0.2) is 36.5 Å². The second-order valence-electron chi connectivity index (χ2n) is 5.82. The zero-order valence-corrected chi connectivity index (χ0v) is 13.3. The summed E-state index contributed by atoms with van der Waals surface area (Å²) in [5.41, 5.74) is 0.671. The van der Waals surface area contributed by atoms with Crippen LogP contribution < -0.4 is 9.64 Å². The second-order valence-corrected chi connectivity index (χ2v) is 5.82. The fraction of sp³-hybridized carbons (Fsp3) is 0.353. The van der Waals surface area contributed by atoms with Gasteiger partial charge >= 0.3 is 5.69 Å². The minimum absolute atomic E-state index is 0.00979. The van der Waals surface area contributed by atoms with Crippen molar-refractivity contribution in [3.63, 3.8) is 0 Å². The lowest BCUT2D eigenvalue weighted by Crippen LogP contribution is -2.39. The number of hydrogen-bond acceptors (Lipinski definition) is 5. The van der Waals surface area contributed by atoms with Crippen LogP contribution in [0.2, 0.25) is 0 Å². The quantitative estimate of drug-likeness (QED) is 0.634. The molecule has 0 saturated carbocycles. The summed E-state index contributed by atoms with van der Waals surface area (Å²) in [6.07, 6.45) is 3.06. The van der Waals surface area contributed by atoms with Gasteiger partial charge in [-0.3, -0.25) is 10.1 Å². The van der Waals surface area contributed by atoms with Gasteiger partial charge in [0.15, 0.2) is 0 Å². The van der Waals surface area contributed by atoms with Gasteiger partial charge in [0.2, 0.25) is 5.82 Å². The number of anilines is 1. The predicted octanol–water partition coefficient (Wildman–Crippen LogP) is 3.49. The van der Waals surface area contributed by atoms with Crippen molar-refractivity contribution in [1.82, 2.24) is 4.98 Å². The summed E-state index contributed by atoms with van der Waals surface area (Å²) in [7, 11) is 0. The molecule has 1 aliphatic rings. The average Bonchev–Trinajstić information content (AvgIpc) is 2.57. The number of halogens is 1. The third-order valence-electron chi connectivity index (χ3n) is 4.15. The monoisotopic (exact) mass is 331 g/mol. The number of nitro groups is 1. The Hall–Kier alpha value is -2.70. The molecule has 2 aromatic rings. The highest BCUT2D eigenvalue weighted by Gasteiger charge is 2.28. The van der Waals surface area contributed by atoms with E-state index in [1.165, 1.54) is 12.1 Å². The van der Waals surface area contributed by atoms with E-state index >= 15 is 0 Å². The lowest BCUT2D eigenvalue weighted by molar-refractivity contribution is -0.384. The van der Waals surface area contributed by atoms with Gasteiger partial charge in [-0.2, -0.15) is 0 Å². The number of aromatic nitrogens is 1. The Bertz CT molecular complexity index is 728. The van der Waals surface area contributed by atoms with Crippen LogP contribution in [0.4, 0.5) is 15.9 Å². The van der Waals surface area contributed by atoms with Crippen molar-refractivity contribution in [2.75, 3.05) is 18.0 Å². The van der Waals surface area contributed by atoms with Crippen LogP contribution in [0, 0.1) is 22.9 Å². The first kappa shape index (κ1) is 16.2. The number of piperidine rings is 1. The number of nitrogens with zero attached hydrogens (tertiary/aromatic N) is 3. The fourth-order valence-corrected chi connectivity index (χ4v) is 2.88. The molecule has 1 aromatic heterocycles. The summed E-state index contributed by atoms with van der Waals surface area (Å²) >= 11 is 0. The molecular formula is C17H18FN3O3. The maximum atomic E-state index is 12.9. The van der Waals surface area contributed by atoms with Crippen LogP contribution in [0.3, 0.4) is 0 Å². The van der Waals surface area contributed by atoms with Crippen LogP contribution >= 0.6 is 0 Å². The Morgan fingerprint density at radius 2 is 1.92 bits per heavy atom. The largest absolute Gasteiger partial charge is 0.490 e. The molecule has 0 bridgehead atoms. The molecule has 3 rings (SSSR count). The number of ether oxygens (including phenoxy) is 1. The standard InChI is InChI=1S/C17H18FN3O3/c1-12-6-9-19-17(16(12)21(22)23)20-10-7-15(8-11-20)24-14-4-2-13(18)3-5-14/h2-6,9,15H,7-8,10-11H2,1H3. The molecule has 0 N–H and O–H groups in total. The molecule has 126 valence electrons. The van der Waals surface area contributed by atoms with E-state index < -0.39 is 0 Å². The van der Waals surface area contributed by atoms with E-state index in [0.29, 0.717) is 30.2 Å². The van der Waals surface area contributed by atoms with Gasteiger partial charge in [0, 0.05) is 37.7 Å². The molecule has 2 heterocycles. The Labute approximate surface area is 139 Å². The van der Waals surface area contributed by atoms with Crippen molar-refractivity contribution in [1.29, 1.82) is 0 Å². The third kappa shape index (κ3) is 3.45. The Kier molecular flexibility index (Phi) is 4.59. The van der Waals surface area contributed by atoms with E-state index in [4.69, 9.17) is 4.74 Å². The molecule has 0 unspecified atom stereocenters. The van der Waals surface area contributed by atoms with Crippen LogP contribution in [0.1, 0.15) is 18.4 Å². The summed E-state index contributed by atoms with van der Waals surface area (Å²) < 4.78 is 18.8. The minimum Gasteiger partial charge on any atom is -0.490 e. The Morgan fingerprint density at radius 1 is 1.25 bits per heavy atom. The van der Waals surface area contributed by atoms with Gasteiger partial charge < -0.3 is 9.64 Å². The van der Waals surface area contributed by atoms with Crippen LogP contribution in [-0.4, -0.2) is 29.1 Å². The van der Waals surface area contributed by atoms with Crippen molar-refractivity contribution < 1.29 is 14.1 Å². The van der Waals surface area contributed by atoms with Crippen molar-refractivity contribution in [2.24, 2.45) is 0 Å². The Balaban J connectivity index is 1.66. The molecule has 24 heavy (non-hydrogen) atoms. The van der Waals surface area contributed by atoms with E-state index in [-0.39, 0.29) is 22.5 Å². The Morgan fingerprint density at radius 3 is 2.54 bits per heavy atom. The smallest absolute Gasteiger partial charge is 0.314 e. The average molecular weight is 331 g/mol. The summed E-state index contributed by atoms with van der Waals surface area (Å²) in [5.74, 6) is 0.754. The maximum Gasteiger partial charge on any atom is 0.314 e. The number of hydrogen-bond donors (Lipinski definition) is 0. The van der Waals surface area contributed by atoms with Gasteiger partial charge in [-0.05, 0) is 37.3 Å². The lowest BCUT2D eigenvalue weighted by atomic mass is 10.1. The van der Waals surface area contributed by atoms with Gasteiger partial charge in [-0.15, -0.1) is 0 Å². The van der Waals surface area contributed by atoms with Gasteiger partial charge in [0.25, 0.3) is 0 Å². The highest BCUT2D eigenvalue weighted by Crippen LogP contribution is 2.31. The SMILES string of the molecule is Cc1ccnc(N2CCC(Oc3ccc(F)cc3)CC2)c1[N+](=O)[O-]. The molecular weight excluding hydrogens is 313 g/mol. The van der Waals surface area contributed by atoms with Crippen LogP contribution in [-0.2, 0) is 0 Å². The van der Waals surface area contributed by atoms with Crippen molar-refractivity contribution in [2.45, 2.75) is 25.9 Å². The van der Waals surface area contributed by atoms with Crippen molar-refractivity contribution in [3.05, 3.63) is 58.0 Å². The summed E-state index contributed by atoms with van der Waals surface area (Å²) in [4.78, 5) is 17.1. The van der Waals surface area contributed by atoms with Crippen molar-refractivity contribution in [3.8, 4) is 5.75 Å². The molecule has 7 heteroatoms. The van der Waals surface area contributed by atoms with E-state index in [1.54, 1.807) is 31.3 Å². The fourth-order valence-electron chi connectivity index (χ4n) is 2.88. The summed E-state index contributed by atoms with van der Waals surface area (Å²) in [6, 6.07) is 7.59. The summed E-state index contributed by atoms with van der Waals surface area (Å²) in [6.45, 7) is 2.97. The molecule has 1 fully saturated rings. The van der Waals surface area contributed by atoms with Gasteiger partial charge in [0.1, 0.15) is 17.7 Å². The van der Waals surface area contributed by atoms with E-state index in [2.05, 4.69) is 4.98 Å². The van der Waals surface area contributed by atoms with Crippen molar-refractivity contribution >= 4 is 11.5 Å². The molecule has 1 aliphatic heterocycles. The predicted molar refractivity (Wildman–Crippen MR) is 87.9 cm³/mol.